The molecular formula is C10H15NO2. The van der Waals surface area contributed by atoms with Crippen LogP contribution in [0.15, 0.2) is 10.5 Å². The summed E-state index contributed by atoms with van der Waals surface area (Å²) >= 11 is 0. The summed E-state index contributed by atoms with van der Waals surface area (Å²) in [7, 11) is 1.61. The summed E-state index contributed by atoms with van der Waals surface area (Å²) in [5.41, 5.74) is 0.631. The van der Waals surface area contributed by atoms with Crippen LogP contribution in [0, 0.1) is 6.92 Å². The zero-order valence-corrected chi connectivity index (χ0v) is 8.47. The van der Waals surface area contributed by atoms with Crippen LogP contribution in [-0.2, 0) is 0 Å². The molecule has 0 saturated carbocycles. The molecule has 0 unspecified atom stereocenters. The molecule has 1 rings (SSSR count). The standard InChI is InChI=1S/C10H15NO2/c1-6(2)9-5-8(7(3)13-9)10(12)11-4/h5-6H,1-4H3,(H,11,12). The van der Waals surface area contributed by atoms with Crippen molar-refractivity contribution in [3.63, 3.8) is 0 Å². The molecule has 1 aromatic rings. The van der Waals surface area contributed by atoms with Crippen LogP contribution in [-0.4, -0.2) is 13.0 Å². The highest BCUT2D eigenvalue weighted by atomic mass is 16.3. The van der Waals surface area contributed by atoms with Crippen LogP contribution in [0.5, 0.6) is 0 Å². The summed E-state index contributed by atoms with van der Waals surface area (Å²) in [5, 5.41) is 2.58. The summed E-state index contributed by atoms with van der Waals surface area (Å²) in [6.07, 6.45) is 0. The van der Waals surface area contributed by atoms with Crippen LogP contribution in [0.2, 0.25) is 0 Å². The second-order valence-electron chi connectivity index (χ2n) is 3.35. The molecule has 0 aliphatic rings. The number of aryl methyl sites for hydroxylation is 1. The van der Waals surface area contributed by atoms with Gasteiger partial charge in [0.1, 0.15) is 11.5 Å². The lowest BCUT2D eigenvalue weighted by Crippen LogP contribution is -2.17. The van der Waals surface area contributed by atoms with E-state index in [0.717, 1.165) is 5.76 Å². The smallest absolute Gasteiger partial charge is 0.254 e. The number of carbonyl (C=O) groups excluding carboxylic acids is 1. The van der Waals surface area contributed by atoms with Gasteiger partial charge in [0.05, 0.1) is 5.56 Å². The van der Waals surface area contributed by atoms with Gasteiger partial charge in [0.25, 0.3) is 5.91 Å². The Bertz CT molecular complexity index is 313. The van der Waals surface area contributed by atoms with Crippen LogP contribution in [0.1, 0.15) is 41.6 Å². The topological polar surface area (TPSA) is 42.2 Å². The number of amides is 1. The highest BCUT2D eigenvalue weighted by molar-refractivity contribution is 5.95. The van der Waals surface area contributed by atoms with Crippen molar-refractivity contribution >= 4 is 5.91 Å². The van der Waals surface area contributed by atoms with E-state index in [9.17, 15) is 4.79 Å². The van der Waals surface area contributed by atoms with Gasteiger partial charge in [-0.2, -0.15) is 0 Å². The number of hydrogen-bond donors (Lipinski definition) is 1. The maximum absolute atomic E-state index is 11.3. The van der Waals surface area contributed by atoms with Crippen molar-refractivity contribution in [2.45, 2.75) is 26.7 Å². The van der Waals surface area contributed by atoms with Gasteiger partial charge in [-0.05, 0) is 13.0 Å². The van der Waals surface area contributed by atoms with Crippen molar-refractivity contribution < 1.29 is 9.21 Å². The molecule has 0 bridgehead atoms. The molecule has 0 aliphatic carbocycles. The highest BCUT2D eigenvalue weighted by Crippen LogP contribution is 2.21. The van der Waals surface area contributed by atoms with Crippen LogP contribution >= 0.6 is 0 Å². The van der Waals surface area contributed by atoms with E-state index >= 15 is 0 Å². The van der Waals surface area contributed by atoms with E-state index in [2.05, 4.69) is 5.32 Å². The zero-order chi connectivity index (χ0) is 10.0. The first-order valence-electron chi connectivity index (χ1n) is 4.38. The molecule has 0 spiro atoms. The van der Waals surface area contributed by atoms with Gasteiger partial charge in [-0.25, -0.2) is 0 Å². The Kier molecular flexibility index (Phi) is 2.76. The number of nitrogens with one attached hydrogen (secondary N) is 1. The molecule has 1 heterocycles. The molecule has 1 amide bonds. The third kappa shape index (κ3) is 1.91. The van der Waals surface area contributed by atoms with Gasteiger partial charge < -0.3 is 9.73 Å². The predicted molar refractivity (Wildman–Crippen MR) is 50.9 cm³/mol. The Labute approximate surface area is 78.1 Å². The maximum Gasteiger partial charge on any atom is 0.254 e. The Balaban J connectivity index is 3.03. The molecule has 0 aliphatic heterocycles. The van der Waals surface area contributed by atoms with Gasteiger partial charge >= 0.3 is 0 Å². The van der Waals surface area contributed by atoms with Gasteiger partial charge in [-0.1, -0.05) is 13.8 Å². The molecule has 72 valence electrons. The van der Waals surface area contributed by atoms with Crippen molar-refractivity contribution in [2.75, 3.05) is 7.05 Å². The normalized spacial score (nSPS) is 10.5. The van der Waals surface area contributed by atoms with Gasteiger partial charge in [-0.3, -0.25) is 4.79 Å². The molecule has 0 atom stereocenters. The van der Waals surface area contributed by atoms with E-state index < -0.39 is 0 Å². The van der Waals surface area contributed by atoms with Crippen LogP contribution < -0.4 is 5.32 Å². The minimum absolute atomic E-state index is 0.0897. The van der Waals surface area contributed by atoms with Crippen LogP contribution in [0.3, 0.4) is 0 Å². The van der Waals surface area contributed by atoms with E-state index in [4.69, 9.17) is 4.42 Å². The predicted octanol–water partition coefficient (Wildman–Crippen LogP) is 2.07. The van der Waals surface area contributed by atoms with E-state index in [-0.39, 0.29) is 5.91 Å². The number of carbonyl (C=O) groups is 1. The first-order valence-corrected chi connectivity index (χ1v) is 4.38. The fourth-order valence-electron chi connectivity index (χ4n) is 1.15. The molecule has 0 saturated heterocycles. The quantitative estimate of drug-likeness (QED) is 0.758. The van der Waals surface area contributed by atoms with Crippen molar-refractivity contribution in [1.82, 2.24) is 5.32 Å². The largest absolute Gasteiger partial charge is 0.465 e. The third-order valence-corrected chi connectivity index (χ3v) is 1.98. The second-order valence-corrected chi connectivity index (χ2v) is 3.35. The summed E-state index contributed by atoms with van der Waals surface area (Å²) in [6.45, 7) is 5.87. The summed E-state index contributed by atoms with van der Waals surface area (Å²) in [5.74, 6) is 1.77. The lowest BCUT2D eigenvalue weighted by Gasteiger charge is -1.96. The number of furan rings is 1. The number of hydrogen-bond acceptors (Lipinski definition) is 2. The Morgan fingerprint density at radius 3 is 2.54 bits per heavy atom. The lowest BCUT2D eigenvalue weighted by molar-refractivity contribution is 0.0961. The second kappa shape index (κ2) is 3.64. The Hall–Kier alpha value is -1.25. The minimum Gasteiger partial charge on any atom is -0.465 e. The van der Waals surface area contributed by atoms with Crippen LogP contribution in [0.25, 0.3) is 0 Å². The van der Waals surface area contributed by atoms with Gasteiger partial charge in [0.15, 0.2) is 0 Å². The fourth-order valence-corrected chi connectivity index (χ4v) is 1.15. The van der Waals surface area contributed by atoms with Crippen molar-refractivity contribution in [2.24, 2.45) is 0 Å². The molecule has 3 nitrogen and oxygen atoms in total. The maximum atomic E-state index is 11.3. The van der Waals surface area contributed by atoms with Gasteiger partial charge in [0, 0.05) is 13.0 Å². The molecule has 0 aromatic carbocycles. The van der Waals surface area contributed by atoms with Crippen molar-refractivity contribution in [3.05, 3.63) is 23.2 Å². The molecule has 13 heavy (non-hydrogen) atoms. The highest BCUT2D eigenvalue weighted by Gasteiger charge is 2.14. The Morgan fingerprint density at radius 2 is 2.15 bits per heavy atom. The van der Waals surface area contributed by atoms with Crippen LogP contribution in [0.4, 0.5) is 0 Å². The van der Waals surface area contributed by atoms with E-state index in [0.29, 0.717) is 17.2 Å². The van der Waals surface area contributed by atoms with Gasteiger partial charge in [0.2, 0.25) is 0 Å². The molecular weight excluding hydrogens is 166 g/mol. The number of rotatable bonds is 2. The van der Waals surface area contributed by atoms with Gasteiger partial charge in [-0.15, -0.1) is 0 Å². The molecule has 0 radical (unpaired) electrons. The molecule has 3 heteroatoms. The first kappa shape index (κ1) is 9.84. The first-order chi connectivity index (χ1) is 6.06. The van der Waals surface area contributed by atoms with Crippen molar-refractivity contribution in [3.8, 4) is 0 Å². The monoisotopic (exact) mass is 181 g/mol. The average Bonchev–Trinajstić information content (AvgIpc) is 2.46. The van der Waals surface area contributed by atoms with E-state index in [1.54, 1.807) is 20.0 Å². The van der Waals surface area contributed by atoms with Crippen molar-refractivity contribution in [1.29, 1.82) is 0 Å². The fraction of sp³-hybridized carbons (Fsp3) is 0.500. The SMILES string of the molecule is CNC(=O)c1cc(C(C)C)oc1C. The molecule has 1 N–H and O–H groups in total. The molecule has 0 fully saturated rings. The lowest BCUT2D eigenvalue weighted by atomic mass is 10.1. The summed E-state index contributed by atoms with van der Waals surface area (Å²) in [4.78, 5) is 11.3. The zero-order valence-electron chi connectivity index (χ0n) is 8.47. The third-order valence-electron chi connectivity index (χ3n) is 1.98. The average molecular weight is 181 g/mol. The summed E-state index contributed by atoms with van der Waals surface area (Å²) in [6, 6.07) is 1.80. The Morgan fingerprint density at radius 1 is 1.54 bits per heavy atom. The van der Waals surface area contributed by atoms with E-state index in [1.165, 1.54) is 0 Å². The molecule has 1 aromatic heterocycles. The minimum atomic E-state index is -0.0897. The summed E-state index contributed by atoms with van der Waals surface area (Å²) < 4.78 is 5.44. The van der Waals surface area contributed by atoms with E-state index in [1.807, 2.05) is 13.8 Å².